The highest BCUT2D eigenvalue weighted by atomic mass is 14.5. The van der Waals surface area contributed by atoms with E-state index in [1.54, 1.807) is 0 Å². The molecule has 0 aromatic carbocycles. The maximum atomic E-state index is 8.95. The molecule has 62 valence electrons. The summed E-state index contributed by atoms with van der Waals surface area (Å²) in [4.78, 5) is 0. The first-order valence-corrected chi connectivity index (χ1v) is 4.53. The van der Waals surface area contributed by atoms with E-state index in [2.05, 4.69) is 26.8 Å². The number of rotatable bonds is 1. The van der Waals surface area contributed by atoms with Crippen molar-refractivity contribution in [2.45, 2.75) is 40.0 Å². The molecule has 0 aromatic heterocycles. The zero-order valence-electron chi connectivity index (χ0n) is 7.72. The summed E-state index contributed by atoms with van der Waals surface area (Å²) in [5.74, 6) is 0.914. The van der Waals surface area contributed by atoms with Crippen molar-refractivity contribution in [2.24, 2.45) is 17.3 Å². The lowest BCUT2D eigenvalue weighted by Gasteiger charge is -2.26. The zero-order valence-corrected chi connectivity index (χ0v) is 7.72. The van der Waals surface area contributed by atoms with Crippen LogP contribution in [0.3, 0.4) is 0 Å². The summed E-state index contributed by atoms with van der Waals surface area (Å²) >= 11 is 0. The van der Waals surface area contributed by atoms with Gasteiger partial charge in [-0.15, -0.1) is 0 Å². The third-order valence-corrected chi connectivity index (χ3v) is 3.44. The van der Waals surface area contributed by atoms with Crippen LogP contribution in [0.4, 0.5) is 0 Å². The molecular weight excluding hydrogens is 134 g/mol. The Kier molecular flexibility index (Phi) is 2.23. The van der Waals surface area contributed by atoms with Gasteiger partial charge in [0.15, 0.2) is 0 Å². The van der Waals surface area contributed by atoms with Gasteiger partial charge in [0.2, 0.25) is 0 Å². The van der Waals surface area contributed by atoms with Gasteiger partial charge in [-0.25, -0.2) is 0 Å². The minimum absolute atomic E-state index is 0.299. The fourth-order valence-electron chi connectivity index (χ4n) is 2.25. The van der Waals surface area contributed by atoms with Crippen LogP contribution in [0.2, 0.25) is 0 Å². The summed E-state index contributed by atoms with van der Waals surface area (Å²) < 4.78 is 0. The molecule has 0 heterocycles. The van der Waals surface area contributed by atoms with Crippen molar-refractivity contribution in [3.8, 4) is 6.07 Å². The van der Waals surface area contributed by atoms with E-state index in [1.807, 2.05) is 0 Å². The number of nitriles is 1. The summed E-state index contributed by atoms with van der Waals surface area (Å²) in [5, 5.41) is 8.95. The van der Waals surface area contributed by atoms with Gasteiger partial charge in [0.25, 0.3) is 0 Å². The summed E-state index contributed by atoms with van der Waals surface area (Å²) in [6.07, 6.45) is 3.63. The van der Waals surface area contributed by atoms with E-state index < -0.39 is 0 Å². The molecule has 1 fully saturated rings. The first kappa shape index (κ1) is 8.59. The minimum Gasteiger partial charge on any atom is -0.198 e. The van der Waals surface area contributed by atoms with Crippen molar-refractivity contribution in [3.63, 3.8) is 0 Å². The molecular formula is C10H17N. The molecule has 0 radical (unpaired) electrons. The predicted octanol–water partition coefficient (Wildman–Crippen LogP) is 2.97. The Balaban J connectivity index is 2.78. The number of hydrogen-bond donors (Lipinski definition) is 0. The lowest BCUT2D eigenvalue weighted by atomic mass is 9.76. The first-order valence-electron chi connectivity index (χ1n) is 4.53. The van der Waals surface area contributed by atoms with Crippen molar-refractivity contribution in [3.05, 3.63) is 0 Å². The van der Waals surface area contributed by atoms with Gasteiger partial charge in [0.1, 0.15) is 0 Å². The Labute approximate surface area is 69.4 Å². The quantitative estimate of drug-likeness (QED) is 0.565. The smallest absolute Gasteiger partial charge is 0.0664 e. The molecule has 1 aliphatic rings. The molecule has 0 aromatic rings. The average molecular weight is 151 g/mol. The third-order valence-electron chi connectivity index (χ3n) is 3.44. The van der Waals surface area contributed by atoms with Crippen LogP contribution in [0.25, 0.3) is 0 Å². The highest BCUT2D eigenvalue weighted by molar-refractivity contribution is 5.02. The SMILES string of the molecule is CCC1(C)CCC(C)C1C#N. The van der Waals surface area contributed by atoms with Crippen LogP contribution in [-0.2, 0) is 0 Å². The number of nitrogens with zero attached hydrogens (tertiary/aromatic N) is 1. The lowest BCUT2D eigenvalue weighted by molar-refractivity contribution is 0.244. The van der Waals surface area contributed by atoms with Gasteiger partial charge in [0.05, 0.1) is 12.0 Å². The van der Waals surface area contributed by atoms with Crippen molar-refractivity contribution in [1.29, 1.82) is 5.26 Å². The van der Waals surface area contributed by atoms with Crippen LogP contribution in [0.1, 0.15) is 40.0 Å². The molecule has 1 rings (SSSR count). The van der Waals surface area contributed by atoms with Crippen molar-refractivity contribution < 1.29 is 0 Å². The highest BCUT2D eigenvalue weighted by Gasteiger charge is 2.41. The maximum Gasteiger partial charge on any atom is 0.0664 e. The normalized spacial score (nSPS) is 43.8. The monoisotopic (exact) mass is 151 g/mol. The molecule has 1 heteroatoms. The second-order valence-corrected chi connectivity index (χ2v) is 4.13. The Hall–Kier alpha value is -0.510. The predicted molar refractivity (Wildman–Crippen MR) is 45.9 cm³/mol. The average Bonchev–Trinajstić information content (AvgIpc) is 2.29. The van der Waals surface area contributed by atoms with Gasteiger partial charge in [-0.3, -0.25) is 0 Å². The summed E-state index contributed by atoms with van der Waals surface area (Å²) in [5.41, 5.74) is 0.314. The Bertz CT molecular complexity index is 180. The highest BCUT2D eigenvalue weighted by Crippen LogP contribution is 2.48. The lowest BCUT2D eigenvalue weighted by Crippen LogP contribution is -2.22. The van der Waals surface area contributed by atoms with Crippen LogP contribution in [0, 0.1) is 28.6 Å². The van der Waals surface area contributed by atoms with Crippen LogP contribution in [0.15, 0.2) is 0 Å². The molecule has 0 spiro atoms. The van der Waals surface area contributed by atoms with Gasteiger partial charge in [-0.2, -0.15) is 5.26 Å². The van der Waals surface area contributed by atoms with Crippen molar-refractivity contribution >= 4 is 0 Å². The topological polar surface area (TPSA) is 23.8 Å². The summed E-state index contributed by atoms with van der Waals surface area (Å²) in [7, 11) is 0. The summed E-state index contributed by atoms with van der Waals surface area (Å²) in [6, 6.07) is 2.46. The Morgan fingerprint density at radius 1 is 1.64 bits per heavy atom. The van der Waals surface area contributed by atoms with Crippen LogP contribution in [0.5, 0.6) is 0 Å². The van der Waals surface area contributed by atoms with Gasteiger partial charge in [-0.1, -0.05) is 20.8 Å². The van der Waals surface area contributed by atoms with E-state index in [-0.39, 0.29) is 0 Å². The Morgan fingerprint density at radius 2 is 2.27 bits per heavy atom. The van der Waals surface area contributed by atoms with E-state index in [0.29, 0.717) is 17.3 Å². The van der Waals surface area contributed by atoms with Crippen LogP contribution >= 0.6 is 0 Å². The molecule has 3 atom stereocenters. The molecule has 1 aliphatic carbocycles. The van der Waals surface area contributed by atoms with Gasteiger partial charge >= 0.3 is 0 Å². The van der Waals surface area contributed by atoms with E-state index in [9.17, 15) is 0 Å². The Morgan fingerprint density at radius 3 is 2.64 bits per heavy atom. The molecule has 3 unspecified atom stereocenters. The van der Waals surface area contributed by atoms with Gasteiger partial charge in [-0.05, 0) is 30.6 Å². The van der Waals surface area contributed by atoms with Crippen molar-refractivity contribution in [1.82, 2.24) is 0 Å². The molecule has 1 nitrogen and oxygen atoms in total. The van der Waals surface area contributed by atoms with E-state index in [1.165, 1.54) is 12.8 Å². The zero-order chi connectivity index (χ0) is 8.48. The minimum atomic E-state index is 0.299. The molecule has 0 bridgehead atoms. The molecule has 0 amide bonds. The van der Waals surface area contributed by atoms with E-state index in [0.717, 1.165) is 6.42 Å². The second kappa shape index (κ2) is 2.85. The first-order chi connectivity index (χ1) is 5.14. The van der Waals surface area contributed by atoms with Crippen molar-refractivity contribution in [2.75, 3.05) is 0 Å². The molecule has 0 aliphatic heterocycles. The molecule has 11 heavy (non-hydrogen) atoms. The van der Waals surface area contributed by atoms with E-state index >= 15 is 0 Å². The largest absolute Gasteiger partial charge is 0.198 e. The van der Waals surface area contributed by atoms with Gasteiger partial charge in [0, 0.05) is 0 Å². The fourth-order valence-corrected chi connectivity index (χ4v) is 2.25. The van der Waals surface area contributed by atoms with Gasteiger partial charge < -0.3 is 0 Å². The van der Waals surface area contributed by atoms with E-state index in [4.69, 9.17) is 5.26 Å². The number of hydrogen-bond acceptors (Lipinski definition) is 1. The second-order valence-electron chi connectivity index (χ2n) is 4.13. The molecule has 0 saturated heterocycles. The molecule has 1 saturated carbocycles. The van der Waals surface area contributed by atoms with Crippen LogP contribution in [-0.4, -0.2) is 0 Å². The van der Waals surface area contributed by atoms with Crippen LogP contribution < -0.4 is 0 Å². The maximum absolute atomic E-state index is 8.95. The molecule has 0 N–H and O–H groups in total. The summed E-state index contributed by atoms with van der Waals surface area (Å²) in [6.45, 7) is 6.65. The standard InChI is InChI=1S/C10H17N/c1-4-10(3)6-5-8(2)9(10)7-11/h8-9H,4-6H2,1-3H3. The fraction of sp³-hybridized carbons (Fsp3) is 0.900. The third kappa shape index (κ3) is 1.27.